The van der Waals surface area contributed by atoms with Gasteiger partial charge in [-0.05, 0) is 30.2 Å². The molecular weight excluding hydrogens is 288 g/mol. The van der Waals surface area contributed by atoms with Gasteiger partial charge < -0.3 is 5.32 Å². The lowest BCUT2D eigenvalue weighted by Crippen LogP contribution is -2.23. The molecule has 5 nitrogen and oxygen atoms in total. The second kappa shape index (κ2) is 6.87. The number of hydrogen-bond acceptors (Lipinski definition) is 3. The number of aromatic nitrogens is 3. The van der Waals surface area contributed by atoms with Gasteiger partial charge in [-0.3, -0.25) is 4.79 Å². The number of carbonyl (C=O) groups excluding carboxylic acids is 1. The summed E-state index contributed by atoms with van der Waals surface area (Å²) in [5.41, 5.74) is 4.00. The molecule has 1 heterocycles. The van der Waals surface area contributed by atoms with Gasteiger partial charge in [0.05, 0.1) is 6.54 Å². The van der Waals surface area contributed by atoms with E-state index in [9.17, 15) is 4.79 Å². The summed E-state index contributed by atoms with van der Waals surface area (Å²) in [6.07, 6.45) is 3.20. The highest BCUT2D eigenvalue weighted by molar-refractivity contribution is 5.94. The largest absolute Gasteiger partial charge is 0.348 e. The Bertz CT molecular complexity index is 779. The first-order chi connectivity index (χ1) is 11.2. The smallest absolute Gasteiger partial charge is 0.251 e. The van der Waals surface area contributed by atoms with Gasteiger partial charge in [0.1, 0.15) is 12.7 Å². The van der Waals surface area contributed by atoms with Gasteiger partial charge in [0.15, 0.2) is 0 Å². The average molecular weight is 306 g/mol. The van der Waals surface area contributed by atoms with Crippen LogP contribution in [0.2, 0.25) is 0 Å². The number of amides is 1. The number of carbonyl (C=O) groups is 1. The summed E-state index contributed by atoms with van der Waals surface area (Å²) in [4.78, 5) is 16.2. The summed E-state index contributed by atoms with van der Waals surface area (Å²) in [7, 11) is 0. The molecule has 3 aromatic rings. The zero-order valence-electron chi connectivity index (χ0n) is 12.9. The summed E-state index contributed by atoms with van der Waals surface area (Å²) in [6, 6.07) is 15.6. The van der Waals surface area contributed by atoms with Crippen LogP contribution >= 0.6 is 0 Å². The van der Waals surface area contributed by atoms with Crippen LogP contribution in [0.15, 0.2) is 61.2 Å². The molecule has 0 spiro atoms. The van der Waals surface area contributed by atoms with Crippen molar-refractivity contribution in [1.29, 1.82) is 0 Å². The summed E-state index contributed by atoms with van der Waals surface area (Å²) >= 11 is 0. The first kappa shape index (κ1) is 15.0. The second-order valence-electron chi connectivity index (χ2n) is 5.41. The highest BCUT2D eigenvalue weighted by atomic mass is 16.1. The predicted molar refractivity (Wildman–Crippen MR) is 87.9 cm³/mol. The molecule has 0 aliphatic rings. The second-order valence-corrected chi connectivity index (χ2v) is 5.41. The Morgan fingerprint density at radius 3 is 2.52 bits per heavy atom. The van der Waals surface area contributed by atoms with Crippen LogP contribution in [0.3, 0.4) is 0 Å². The van der Waals surface area contributed by atoms with Gasteiger partial charge in [0, 0.05) is 12.1 Å². The fourth-order valence-electron chi connectivity index (χ4n) is 2.36. The van der Waals surface area contributed by atoms with Crippen molar-refractivity contribution in [3.8, 4) is 0 Å². The van der Waals surface area contributed by atoms with Gasteiger partial charge in [0.25, 0.3) is 5.91 Å². The first-order valence-corrected chi connectivity index (χ1v) is 7.46. The minimum atomic E-state index is -0.0689. The van der Waals surface area contributed by atoms with Crippen LogP contribution in [0.5, 0.6) is 0 Å². The van der Waals surface area contributed by atoms with E-state index in [-0.39, 0.29) is 5.91 Å². The molecule has 0 fully saturated rings. The van der Waals surface area contributed by atoms with Gasteiger partial charge in [-0.25, -0.2) is 9.67 Å². The quantitative estimate of drug-likeness (QED) is 0.788. The zero-order chi connectivity index (χ0) is 16.1. The maximum atomic E-state index is 12.2. The monoisotopic (exact) mass is 306 g/mol. The SMILES string of the molecule is Cc1ccc(C(=O)NCc2ccccc2Cn2cncn2)cc1. The van der Waals surface area contributed by atoms with Crippen molar-refractivity contribution in [2.45, 2.75) is 20.0 Å². The van der Waals surface area contributed by atoms with Crippen molar-refractivity contribution in [2.75, 3.05) is 0 Å². The molecule has 1 amide bonds. The normalized spacial score (nSPS) is 10.5. The Labute approximate surface area is 135 Å². The van der Waals surface area contributed by atoms with Crippen LogP contribution in [-0.2, 0) is 13.1 Å². The fourth-order valence-corrected chi connectivity index (χ4v) is 2.36. The van der Waals surface area contributed by atoms with Crippen LogP contribution in [0.4, 0.5) is 0 Å². The fraction of sp³-hybridized carbons (Fsp3) is 0.167. The van der Waals surface area contributed by atoms with Crippen LogP contribution in [0.1, 0.15) is 27.0 Å². The summed E-state index contributed by atoms with van der Waals surface area (Å²) in [6.45, 7) is 3.12. The molecule has 0 radical (unpaired) electrons. The molecule has 23 heavy (non-hydrogen) atoms. The number of rotatable bonds is 5. The van der Waals surface area contributed by atoms with Crippen molar-refractivity contribution in [1.82, 2.24) is 20.1 Å². The zero-order valence-corrected chi connectivity index (χ0v) is 12.9. The minimum Gasteiger partial charge on any atom is -0.348 e. The van der Waals surface area contributed by atoms with Gasteiger partial charge in [-0.2, -0.15) is 5.10 Å². The van der Waals surface area contributed by atoms with E-state index in [1.165, 1.54) is 6.33 Å². The Morgan fingerprint density at radius 1 is 1.09 bits per heavy atom. The average Bonchev–Trinajstić information content (AvgIpc) is 3.07. The van der Waals surface area contributed by atoms with Crippen LogP contribution in [-0.4, -0.2) is 20.7 Å². The van der Waals surface area contributed by atoms with E-state index in [1.807, 2.05) is 55.5 Å². The van der Waals surface area contributed by atoms with Gasteiger partial charge in [-0.1, -0.05) is 42.0 Å². The lowest BCUT2D eigenvalue weighted by molar-refractivity contribution is 0.0951. The number of nitrogens with zero attached hydrogens (tertiary/aromatic N) is 3. The molecule has 0 aliphatic carbocycles. The highest BCUT2D eigenvalue weighted by Gasteiger charge is 2.07. The molecule has 0 aliphatic heterocycles. The Balaban J connectivity index is 1.68. The molecule has 0 atom stereocenters. The topological polar surface area (TPSA) is 59.8 Å². The summed E-state index contributed by atoms with van der Waals surface area (Å²) in [5, 5.41) is 7.09. The predicted octanol–water partition coefficient (Wildman–Crippen LogP) is 2.56. The molecule has 5 heteroatoms. The van der Waals surface area contributed by atoms with Crippen LogP contribution in [0, 0.1) is 6.92 Å². The van der Waals surface area contributed by atoms with E-state index in [0.717, 1.165) is 16.7 Å². The Kier molecular flexibility index (Phi) is 4.47. The highest BCUT2D eigenvalue weighted by Crippen LogP contribution is 2.11. The summed E-state index contributed by atoms with van der Waals surface area (Å²) < 4.78 is 1.76. The van der Waals surface area contributed by atoms with Crippen molar-refractivity contribution >= 4 is 5.91 Å². The third kappa shape index (κ3) is 3.83. The molecule has 1 aromatic heterocycles. The Morgan fingerprint density at radius 2 is 1.83 bits per heavy atom. The van der Waals surface area contributed by atoms with E-state index >= 15 is 0 Å². The first-order valence-electron chi connectivity index (χ1n) is 7.46. The lowest BCUT2D eigenvalue weighted by atomic mass is 10.1. The maximum Gasteiger partial charge on any atom is 0.251 e. The maximum absolute atomic E-state index is 12.2. The van der Waals surface area contributed by atoms with Crippen LogP contribution < -0.4 is 5.32 Å². The standard InChI is InChI=1S/C18H18N4O/c1-14-6-8-15(9-7-14)18(23)20-10-16-4-2-3-5-17(16)11-22-13-19-12-21-22/h2-9,12-13H,10-11H2,1H3,(H,20,23). The third-order valence-corrected chi connectivity index (χ3v) is 3.67. The molecule has 1 N–H and O–H groups in total. The van der Waals surface area contributed by atoms with Gasteiger partial charge >= 0.3 is 0 Å². The van der Waals surface area contributed by atoms with Crippen molar-refractivity contribution < 1.29 is 4.79 Å². The number of benzene rings is 2. The molecule has 0 saturated heterocycles. The van der Waals surface area contributed by atoms with E-state index in [2.05, 4.69) is 15.4 Å². The number of aryl methyl sites for hydroxylation is 1. The minimum absolute atomic E-state index is 0.0689. The molecule has 0 saturated carbocycles. The molecule has 3 rings (SSSR count). The molecule has 0 unspecified atom stereocenters. The third-order valence-electron chi connectivity index (χ3n) is 3.67. The van der Waals surface area contributed by atoms with Crippen molar-refractivity contribution in [3.63, 3.8) is 0 Å². The number of hydrogen-bond donors (Lipinski definition) is 1. The van der Waals surface area contributed by atoms with Crippen LogP contribution in [0.25, 0.3) is 0 Å². The molecular formula is C18H18N4O. The molecule has 116 valence electrons. The summed E-state index contributed by atoms with van der Waals surface area (Å²) in [5.74, 6) is -0.0689. The van der Waals surface area contributed by atoms with E-state index in [1.54, 1.807) is 11.0 Å². The number of nitrogens with one attached hydrogen (secondary N) is 1. The van der Waals surface area contributed by atoms with Gasteiger partial charge in [-0.15, -0.1) is 0 Å². The van der Waals surface area contributed by atoms with E-state index < -0.39 is 0 Å². The van der Waals surface area contributed by atoms with Crippen molar-refractivity contribution in [2.24, 2.45) is 0 Å². The van der Waals surface area contributed by atoms with E-state index in [4.69, 9.17) is 0 Å². The molecule has 0 bridgehead atoms. The lowest BCUT2D eigenvalue weighted by Gasteiger charge is -2.11. The van der Waals surface area contributed by atoms with E-state index in [0.29, 0.717) is 18.7 Å². The molecule has 2 aromatic carbocycles. The van der Waals surface area contributed by atoms with Gasteiger partial charge in [0.2, 0.25) is 0 Å². The Hall–Kier alpha value is -2.95. The van der Waals surface area contributed by atoms with Crippen molar-refractivity contribution in [3.05, 3.63) is 83.4 Å².